The molecule has 1 aliphatic rings. The number of hydrogen-bond donors (Lipinski definition) is 1. The predicted molar refractivity (Wildman–Crippen MR) is 72.4 cm³/mol. The first-order valence-corrected chi connectivity index (χ1v) is 6.60. The summed E-state index contributed by atoms with van der Waals surface area (Å²) in [6.07, 6.45) is 6.42. The first-order chi connectivity index (χ1) is 8.76. The first-order valence-electron chi connectivity index (χ1n) is 6.60. The van der Waals surface area contributed by atoms with Crippen LogP contribution in [0.15, 0.2) is 24.5 Å². The fourth-order valence-electron chi connectivity index (χ4n) is 2.81. The summed E-state index contributed by atoms with van der Waals surface area (Å²) in [5, 5.41) is 0. The number of aromatic nitrogens is 2. The van der Waals surface area contributed by atoms with Crippen LogP contribution in [0.3, 0.4) is 0 Å². The molecule has 3 rings (SSSR count). The molecule has 2 N–H and O–H groups in total. The molecule has 96 valence electrons. The molecular formula is C14H20N4. The Kier molecular flexibility index (Phi) is 3.06. The molecule has 0 aliphatic carbocycles. The number of fused-ring (bicyclic) bond motifs is 1. The normalized spacial score (nSPS) is 20.9. The minimum Gasteiger partial charge on any atom is -0.326 e. The second kappa shape index (κ2) is 4.71. The average molecular weight is 244 g/mol. The maximum Gasteiger partial charge on any atom is 0.113 e. The van der Waals surface area contributed by atoms with Gasteiger partial charge in [-0.05, 0) is 37.6 Å². The molecule has 1 fully saturated rings. The maximum atomic E-state index is 5.70. The Hall–Kier alpha value is -1.39. The van der Waals surface area contributed by atoms with Crippen molar-refractivity contribution in [1.82, 2.24) is 14.3 Å². The van der Waals surface area contributed by atoms with Crippen LogP contribution in [0.4, 0.5) is 0 Å². The molecule has 3 heterocycles. The minimum absolute atomic E-state index is 0.583. The van der Waals surface area contributed by atoms with Crippen LogP contribution in [0.5, 0.6) is 0 Å². The topological polar surface area (TPSA) is 46.6 Å². The van der Waals surface area contributed by atoms with Crippen molar-refractivity contribution >= 4 is 5.52 Å². The lowest BCUT2D eigenvalue weighted by atomic mass is 10.0. The van der Waals surface area contributed by atoms with E-state index in [1.807, 2.05) is 6.20 Å². The fraction of sp³-hybridized carbons (Fsp3) is 0.500. The van der Waals surface area contributed by atoms with E-state index in [0.29, 0.717) is 6.54 Å². The van der Waals surface area contributed by atoms with Crippen molar-refractivity contribution in [2.75, 3.05) is 20.1 Å². The zero-order valence-electron chi connectivity index (χ0n) is 10.8. The van der Waals surface area contributed by atoms with Gasteiger partial charge in [0.1, 0.15) is 5.82 Å². The number of likely N-dealkylation sites (tertiary alicyclic amines) is 1. The van der Waals surface area contributed by atoms with Crippen molar-refractivity contribution in [2.24, 2.45) is 11.7 Å². The highest BCUT2D eigenvalue weighted by molar-refractivity contribution is 5.47. The summed E-state index contributed by atoms with van der Waals surface area (Å²) in [4.78, 5) is 6.96. The Balaban J connectivity index is 1.87. The van der Waals surface area contributed by atoms with Gasteiger partial charge in [-0.25, -0.2) is 4.98 Å². The van der Waals surface area contributed by atoms with Gasteiger partial charge in [-0.3, -0.25) is 0 Å². The van der Waals surface area contributed by atoms with E-state index in [-0.39, 0.29) is 0 Å². The Morgan fingerprint density at radius 2 is 2.33 bits per heavy atom. The van der Waals surface area contributed by atoms with Gasteiger partial charge in [-0.1, -0.05) is 6.07 Å². The van der Waals surface area contributed by atoms with Gasteiger partial charge in [0.25, 0.3) is 0 Å². The summed E-state index contributed by atoms with van der Waals surface area (Å²) in [5.74, 6) is 1.91. The van der Waals surface area contributed by atoms with Gasteiger partial charge in [0, 0.05) is 25.7 Å². The largest absolute Gasteiger partial charge is 0.326 e. The monoisotopic (exact) mass is 244 g/mol. The standard InChI is InChI=1S/C14H20N4/c1-17-5-4-11(9-17)6-14-16-8-13-3-2-12(7-15)10-18(13)14/h2-3,8,10-11H,4-7,9,15H2,1H3. The third kappa shape index (κ3) is 2.13. The Morgan fingerprint density at radius 3 is 3.06 bits per heavy atom. The molecule has 0 amide bonds. The van der Waals surface area contributed by atoms with Crippen molar-refractivity contribution in [1.29, 1.82) is 0 Å². The number of pyridine rings is 1. The highest BCUT2D eigenvalue weighted by Gasteiger charge is 2.21. The molecule has 4 heteroatoms. The van der Waals surface area contributed by atoms with E-state index >= 15 is 0 Å². The molecule has 2 aromatic rings. The maximum absolute atomic E-state index is 5.70. The fourth-order valence-corrected chi connectivity index (χ4v) is 2.81. The molecule has 4 nitrogen and oxygen atoms in total. The SMILES string of the molecule is CN1CCC(Cc2ncc3ccc(CN)cn23)C1. The smallest absolute Gasteiger partial charge is 0.113 e. The lowest BCUT2D eigenvalue weighted by molar-refractivity contribution is 0.392. The van der Waals surface area contributed by atoms with E-state index in [1.54, 1.807) is 0 Å². The average Bonchev–Trinajstić information content (AvgIpc) is 2.96. The molecule has 0 bridgehead atoms. The van der Waals surface area contributed by atoms with Crippen LogP contribution in [0.25, 0.3) is 5.52 Å². The molecule has 1 unspecified atom stereocenters. The highest BCUT2D eigenvalue weighted by Crippen LogP contribution is 2.20. The summed E-state index contributed by atoms with van der Waals surface area (Å²) in [5.41, 5.74) is 8.02. The molecule has 1 saturated heterocycles. The van der Waals surface area contributed by atoms with Crippen LogP contribution < -0.4 is 5.73 Å². The van der Waals surface area contributed by atoms with Crippen molar-refractivity contribution in [3.05, 3.63) is 35.9 Å². The van der Waals surface area contributed by atoms with E-state index in [9.17, 15) is 0 Å². The molecule has 1 atom stereocenters. The molecule has 1 aliphatic heterocycles. The number of rotatable bonds is 3. The van der Waals surface area contributed by atoms with Crippen molar-refractivity contribution in [3.8, 4) is 0 Å². The zero-order chi connectivity index (χ0) is 12.5. The molecule has 0 radical (unpaired) electrons. The summed E-state index contributed by atoms with van der Waals surface area (Å²) in [6.45, 7) is 2.98. The molecule has 0 aromatic carbocycles. The van der Waals surface area contributed by atoms with Crippen molar-refractivity contribution in [3.63, 3.8) is 0 Å². The number of imidazole rings is 1. The molecule has 0 saturated carbocycles. The van der Waals surface area contributed by atoms with Crippen LogP contribution in [-0.4, -0.2) is 34.4 Å². The Morgan fingerprint density at radius 1 is 1.44 bits per heavy atom. The van der Waals surface area contributed by atoms with Gasteiger partial charge >= 0.3 is 0 Å². The summed E-state index contributed by atoms with van der Waals surface area (Å²) >= 11 is 0. The summed E-state index contributed by atoms with van der Waals surface area (Å²) in [6, 6.07) is 4.17. The molecule has 18 heavy (non-hydrogen) atoms. The minimum atomic E-state index is 0.583. The van der Waals surface area contributed by atoms with Crippen LogP contribution in [0.1, 0.15) is 17.8 Å². The van der Waals surface area contributed by atoms with Crippen molar-refractivity contribution in [2.45, 2.75) is 19.4 Å². The van der Waals surface area contributed by atoms with Gasteiger partial charge in [0.05, 0.1) is 11.7 Å². The quantitative estimate of drug-likeness (QED) is 0.885. The highest BCUT2D eigenvalue weighted by atomic mass is 15.1. The lowest BCUT2D eigenvalue weighted by Gasteiger charge is -2.10. The first kappa shape index (κ1) is 11.7. The van der Waals surface area contributed by atoms with Gasteiger partial charge in [-0.15, -0.1) is 0 Å². The second-order valence-electron chi connectivity index (χ2n) is 5.33. The summed E-state index contributed by atoms with van der Waals surface area (Å²) in [7, 11) is 2.19. The number of hydrogen-bond acceptors (Lipinski definition) is 3. The van der Waals surface area contributed by atoms with Crippen LogP contribution in [-0.2, 0) is 13.0 Å². The van der Waals surface area contributed by atoms with Crippen molar-refractivity contribution < 1.29 is 0 Å². The Bertz CT molecular complexity index is 546. The van der Waals surface area contributed by atoms with Crippen LogP contribution in [0.2, 0.25) is 0 Å². The summed E-state index contributed by atoms with van der Waals surface area (Å²) < 4.78 is 2.19. The Labute approximate surface area is 107 Å². The second-order valence-corrected chi connectivity index (χ2v) is 5.33. The molecule has 2 aromatic heterocycles. The van der Waals surface area contributed by atoms with Crippen LogP contribution in [0, 0.1) is 5.92 Å². The van der Waals surface area contributed by atoms with E-state index in [2.05, 4.69) is 39.7 Å². The van der Waals surface area contributed by atoms with E-state index in [1.165, 1.54) is 25.3 Å². The zero-order valence-corrected chi connectivity index (χ0v) is 10.8. The van der Waals surface area contributed by atoms with Gasteiger partial charge in [0.15, 0.2) is 0 Å². The molecular weight excluding hydrogens is 224 g/mol. The predicted octanol–water partition coefficient (Wildman–Crippen LogP) is 1.29. The third-order valence-electron chi connectivity index (χ3n) is 3.86. The van der Waals surface area contributed by atoms with E-state index in [4.69, 9.17) is 5.73 Å². The third-order valence-corrected chi connectivity index (χ3v) is 3.86. The van der Waals surface area contributed by atoms with Gasteiger partial charge in [-0.2, -0.15) is 0 Å². The number of nitrogens with two attached hydrogens (primary N) is 1. The lowest BCUT2D eigenvalue weighted by Crippen LogP contribution is -2.15. The van der Waals surface area contributed by atoms with Gasteiger partial charge in [0.2, 0.25) is 0 Å². The molecule has 0 spiro atoms. The number of nitrogens with zero attached hydrogens (tertiary/aromatic N) is 3. The van der Waals surface area contributed by atoms with Crippen LogP contribution >= 0.6 is 0 Å². The van der Waals surface area contributed by atoms with E-state index in [0.717, 1.165) is 23.4 Å². The van der Waals surface area contributed by atoms with E-state index < -0.39 is 0 Å². The van der Waals surface area contributed by atoms with Gasteiger partial charge < -0.3 is 15.0 Å².